The van der Waals surface area contributed by atoms with E-state index in [0.717, 1.165) is 12.8 Å². The number of aliphatic hydroxyl groups is 1. The number of nitrogens with zero attached hydrogens (tertiary/aromatic N) is 1. The second-order valence-corrected chi connectivity index (χ2v) is 8.39. The molecule has 1 aliphatic carbocycles. The maximum atomic E-state index is 12.3. The minimum Gasteiger partial charge on any atom is -0.463 e. The summed E-state index contributed by atoms with van der Waals surface area (Å²) in [5.74, 6) is -0.499. The van der Waals surface area contributed by atoms with E-state index in [0.29, 0.717) is 5.57 Å². The topological polar surface area (TPSA) is 122 Å². The Morgan fingerprint density at radius 1 is 1.27 bits per heavy atom. The fourth-order valence-corrected chi connectivity index (χ4v) is 3.94. The minimum absolute atomic E-state index is 0.0904. The Hall–Kier alpha value is -2.07. The summed E-state index contributed by atoms with van der Waals surface area (Å²) in [6.07, 6.45) is 2.61. The van der Waals surface area contributed by atoms with Crippen LogP contribution in [0, 0.1) is 0 Å². The first-order chi connectivity index (χ1) is 14.2. The molecule has 9 heteroatoms. The van der Waals surface area contributed by atoms with Gasteiger partial charge in [-0.2, -0.15) is 8.42 Å². The number of carbonyl (C=O) groups is 1. The molecule has 0 fully saturated rings. The van der Waals surface area contributed by atoms with Crippen LogP contribution < -0.4 is 0 Å². The minimum atomic E-state index is -4.43. The van der Waals surface area contributed by atoms with Gasteiger partial charge in [0.1, 0.15) is 17.1 Å². The van der Waals surface area contributed by atoms with Crippen LogP contribution in [0.3, 0.4) is 0 Å². The van der Waals surface area contributed by atoms with Gasteiger partial charge in [-0.1, -0.05) is 32.0 Å². The number of aliphatic hydroxyl groups excluding tert-OH is 1. The van der Waals surface area contributed by atoms with Gasteiger partial charge >= 0.3 is 5.97 Å². The van der Waals surface area contributed by atoms with Gasteiger partial charge in [-0.05, 0) is 31.9 Å². The van der Waals surface area contributed by atoms with Crippen LogP contribution in [0.5, 0.6) is 0 Å². The van der Waals surface area contributed by atoms with E-state index in [1.165, 1.54) is 24.4 Å². The van der Waals surface area contributed by atoms with E-state index >= 15 is 0 Å². The molecule has 3 unspecified atom stereocenters. The highest BCUT2D eigenvalue weighted by Gasteiger charge is 2.35. The van der Waals surface area contributed by atoms with Crippen molar-refractivity contribution in [2.24, 2.45) is 4.99 Å². The summed E-state index contributed by atoms with van der Waals surface area (Å²) < 4.78 is 43.6. The van der Waals surface area contributed by atoms with Crippen molar-refractivity contribution in [3.8, 4) is 0 Å². The number of rotatable bonds is 9. The van der Waals surface area contributed by atoms with Crippen LogP contribution >= 0.6 is 0 Å². The molecule has 166 valence electrons. The van der Waals surface area contributed by atoms with Crippen molar-refractivity contribution in [3.05, 3.63) is 41.5 Å². The fourth-order valence-electron chi connectivity index (χ4n) is 3.27. The van der Waals surface area contributed by atoms with E-state index in [9.17, 15) is 22.9 Å². The van der Waals surface area contributed by atoms with Crippen molar-refractivity contribution in [2.75, 3.05) is 6.61 Å². The molecule has 2 N–H and O–H groups in total. The summed E-state index contributed by atoms with van der Waals surface area (Å²) in [4.78, 5) is 16.3. The molecule has 8 nitrogen and oxygen atoms in total. The lowest BCUT2D eigenvalue weighted by Crippen LogP contribution is -2.43. The Bertz CT molecular complexity index is 890. The molecule has 1 aromatic carbocycles. The number of esters is 1. The molecule has 2 rings (SSSR count). The van der Waals surface area contributed by atoms with E-state index < -0.39 is 34.3 Å². The molecular weight excluding hydrogens is 410 g/mol. The van der Waals surface area contributed by atoms with Gasteiger partial charge in [0.25, 0.3) is 10.1 Å². The molecule has 0 radical (unpaired) electrons. The summed E-state index contributed by atoms with van der Waals surface area (Å²) >= 11 is 0. The second kappa shape index (κ2) is 10.8. The summed E-state index contributed by atoms with van der Waals surface area (Å²) in [5.41, 5.74) is 0.528. The van der Waals surface area contributed by atoms with E-state index in [1.54, 1.807) is 19.1 Å². The zero-order chi connectivity index (χ0) is 22.3. The maximum Gasteiger partial charge on any atom is 0.333 e. The summed E-state index contributed by atoms with van der Waals surface area (Å²) in [6, 6.07) is 5.09. The number of hydrogen-bond donors (Lipinski definition) is 2. The lowest BCUT2D eigenvalue weighted by atomic mass is 9.90. The molecule has 0 saturated carbocycles. The van der Waals surface area contributed by atoms with E-state index in [1.807, 2.05) is 13.8 Å². The third-order valence-electron chi connectivity index (χ3n) is 4.93. The van der Waals surface area contributed by atoms with Crippen molar-refractivity contribution < 1.29 is 32.3 Å². The lowest BCUT2D eigenvalue weighted by molar-refractivity contribution is -0.139. The van der Waals surface area contributed by atoms with Gasteiger partial charge in [-0.15, -0.1) is 0 Å². The van der Waals surface area contributed by atoms with Gasteiger partial charge < -0.3 is 14.6 Å². The van der Waals surface area contributed by atoms with Gasteiger partial charge in [0.05, 0.1) is 18.8 Å². The van der Waals surface area contributed by atoms with Crippen LogP contribution in [0.25, 0.3) is 0 Å². The molecular formula is C21H29NO7S. The largest absolute Gasteiger partial charge is 0.463 e. The Labute approximate surface area is 177 Å². The van der Waals surface area contributed by atoms with E-state index in [2.05, 4.69) is 4.99 Å². The highest BCUT2D eigenvalue weighted by Crippen LogP contribution is 2.27. The first-order valence-corrected chi connectivity index (χ1v) is 11.5. The second-order valence-electron chi connectivity index (χ2n) is 7.00. The van der Waals surface area contributed by atoms with Gasteiger partial charge in [0.15, 0.2) is 0 Å². The average molecular weight is 440 g/mol. The Morgan fingerprint density at radius 3 is 2.53 bits per heavy atom. The molecule has 3 atom stereocenters. The van der Waals surface area contributed by atoms with Crippen molar-refractivity contribution >= 4 is 22.3 Å². The molecule has 1 aliphatic rings. The Kier molecular flexibility index (Phi) is 8.72. The van der Waals surface area contributed by atoms with Gasteiger partial charge in [-0.3, -0.25) is 9.55 Å². The number of ether oxygens (including phenoxy) is 2. The smallest absolute Gasteiger partial charge is 0.333 e. The zero-order valence-corrected chi connectivity index (χ0v) is 18.2. The van der Waals surface area contributed by atoms with Crippen LogP contribution in [0.4, 0.5) is 0 Å². The Balaban J connectivity index is 2.34. The van der Waals surface area contributed by atoms with Crippen LogP contribution in [0.2, 0.25) is 0 Å². The number of carbonyl (C=O) groups excluding carboxylic acids is 1. The first kappa shape index (κ1) is 24.2. The molecule has 0 aromatic heterocycles. The molecule has 0 saturated heterocycles. The van der Waals surface area contributed by atoms with Gasteiger partial charge in [0.2, 0.25) is 0 Å². The summed E-state index contributed by atoms with van der Waals surface area (Å²) in [7, 11) is -4.43. The summed E-state index contributed by atoms with van der Waals surface area (Å²) in [5, 5.41) is 10.8. The zero-order valence-electron chi connectivity index (χ0n) is 17.4. The van der Waals surface area contributed by atoms with Crippen LogP contribution in [0.15, 0.2) is 45.8 Å². The molecule has 0 aliphatic heterocycles. The lowest BCUT2D eigenvalue weighted by Gasteiger charge is -2.33. The molecule has 0 spiro atoms. The average Bonchev–Trinajstić information content (AvgIpc) is 2.71. The number of benzene rings is 1. The maximum absolute atomic E-state index is 12.3. The van der Waals surface area contributed by atoms with Crippen molar-refractivity contribution in [1.82, 2.24) is 0 Å². The SMILES string of the molecule is CCOC(=O)C1=CC(OC(CC)CC)C(O)C(N=Cc2ccccc2S(=O)(=O)O)C1. The quantitative estimate of drug-likeness (QED) is 0.344. The third kappa shape index (κ3) is 6.21. The van der Waals surface area contributed by atoms with E-state index in [-0.39, 0.29) is 29.6 Å². The van der Waals surface area contributed by atoms with Crippen LogP contribution in [-0.2, 0) is 24.4 Å². The fraction of sp³-hybridized carbons (Fsp3) is 0.524. The predicted octanol–water partition coefficient (Wildman–Crippen LogP) is 2.55. The number of hydrogen-bond acceptors (Lipinski definition) is 7. The van der Waals surface area contributed by atoms with Gasteiger partial charge in [0, 0.05) is 23.8 Å². The highest BCUT2D eigenvalue weighted by molar-refractivity contribution is 7.86. The first-order valence-electron chi connectivity index (χ1n) is 10.0. The summed E-state index contributed by atoms with van der Waals surface area (Å²) in [6.45, 7) is 5.87. The van der Waals surface area contributed by atoms with Crippen molar-refractivity contribution in [3.63, 3.8) is 0 Å². The number of aliphatic imine (C=N–C) groups is 1. The van der Waals surface area contributed by atoms with Crippen molar-refractivity contribution in [1.29, 1.82) is 0 Å². The highest BCUT2D eigenvalue weighted by atomic mass is 32.2. The molecule has 0 heterocycles. The standard InChI is InChI=1S/C21H29NO7S/c1-4-16(5-2)29-18-12-15(21(24)28-6-3)11-17(20(18)23)22-13-14-9-7-8-10-19(14)30(25,26)27/h7-10,12-13,16-18,20,23H,4-6,11H2,1-3H3,(H,25,26,27). The predicted molar refractivity (Wildman–Crippen MR) is 112 cm³/mol. The monoisotopic (exact) mass is 439 g/mol. The van der Waals surface area contributed by atoms with E-state index in [4.69, 9.17) is 9.47 Å². The normalized spacial score (nSPS) is 22.3. The molecule has 0 bridgehead atoms. The Morgan fingerprint density at radius 2 is 1.93 bits per heavy atom. The molecule has 30 heavy (non-hydrogen) atoms. The van der Waals surface area contributed by atoms with Crippen molar-refractivity contribution in [2.45, 2.75) is 69.3 Å². The third-order valence-corrected chi connectivity index (χ3v) is 5.85. The molecule has 1 aromatic rings. The molecule has 0 amide bonds. The van der Waals surface area contributed by atoms with Crippen LogP contribution in [0.1, 0.15) is 45.6 Å². The van der Waals surface area contributed by atoms with Gasteiger partial charge in [-0.25, -0.2) is 4.79 Å². The van der Waals surface area contributed by atoms with Crippen LogP contribution in [-0.4, -0.2) is 61.2 Å².